The summed E-state index contributed by atoms with van der Waals surface area (Å²) in [7, 11) is 0. The average molecular weight is 552 g/mol. The highest BCUT2D eigenvalue weighted by atomic mass is 35.5. The van der Waals surface area contributed by atoms with E-state index < -0.39 is 40.4 Å². The van der Waals surface area contributed by atoms with Gasteiger partial charge in [-0.3, -0.25) is 9.59 Å². The molecule has 14 heteroatoms. The van der Waals surface area contributed by atoms with Crippen LogP contribution < -0.4 is 22.2 Å². The zero-order valence-electron chi connectivity index (χ0n) is 20.2. The van der Waals surface area contributed by atoms with Gasteiger partial charge in [0.15, 0.2) is 5.82 Å². The van der Waals surface area contributed by atoms with Crippen LogP contribution in [0.1, 0.15) is 31.0 Å². The van der Waals surface area contributed by atoms with Gasteiger partial charge < -0.3 is 15.6 Å². The van der Waals surface area contributed by atoms with E-state index in [2.05, 4.69) is 20.4 Å². The van der Waals surface area contributed by atoms with Gasteiger partial charge in [-0.25, -0.2) is 19.5 Å². The first-order chi connectivity index (χ1) is 17.9. The summed E-state index contributed by atoms with van der Waals surface area (Å²) < 4.78 is 56.1. The molecule has 0 saturated carbocycles. The molecular formula is C24H22ClF4N7O2. The molecule has 4 aromatic rings. The monoisotopic (exact) mass is 551 g/mol. The summed E-state index contributed by atoms with van der Waals surface area (Å²) in [6.45, 7) is 3.50. The molecule has 0 amide bonds. The van der Waals surface area contributed by atoms with Crippen LogP contribution in [-0.2, 0) is 12.7 Å². The number of aromatic amines is 1. The second-order valence-corrected chi connectivity index (χ2v) is 9.12. The normalized spacial score (nSPS) is 12.6. The van der Waals surface area contributed by atoms with E-state index in [1.807, 2.05) is 0 Å². The minimum absolute atomic E-state index is 0.0118. The Kier molecular flexibility index (Phi) is 7.40. The standard InChI is InChI=1S/C24H22ClF4N7O2/c1-11(32-17-10-31-35-22(37)18(17)24(27,28)29)4-3-6-36-7-5-13-8-15(16(26)9-14(13)23(36)38)21-33-12(2)19(25)20(30)34-21/h5,7-11H,3-4,6H2,1-2H3,(H2,30,33,34)(H2,32,35,37)/t11-/m0/s1. The molecule has 1 aromatic carbocycles. The van der Waals surface area contributed by atoms with Gasteiger partial charge in [0.25, 0.3) is 11.1 Å². The number of hydrogen-bond acceptors (Lipinski definition) is 7. The molecule has 9 nitrogen and oxygen atoms in total. The number of aromatic nitrogens is 5. The topological polar surface area (TPSA) is 132 Å². The molecular weight excluding hydrogens is 530 g/mol. The van der Waals surface area contributed by atoms with Crippen molar-refractivity contribution < 1.29 is 17.6 Å². The highest BCUT2D eigenvalue weighted by molar-refractivity contribution is 6.33. The number of nitrogens with zero attached hydrogens (tertiary/aromatic N) is 4. The van der Waals surface area contributed by atoms with E-state index in [1.165, 1.54) is 10.6 Å². The number of anilines is 2. The first-order valence-corrected chi connectivity index (χ1v) is 11.8. The fourth-order valence-corrected chi connectivity index (χ4v) is 4.13. The molecule has 4 N–H and O–H groups in total. The van der Waals surface area contributed by atoms with Crippen LogP contribution in [0.15, 0.2) is 40.2 Å². The Balaban J connectivity index is 1.50. The Labute approximate surface area is 217 Å². The predicted octanol–water partition coefficient (Wildman–Crippen LogP) is 4.52. The molecule has 38 heavy (non-hydrogen) atoms. The summed E-state index contributed by atoms with van der Waals surface area (Å²) >= 11 is 5.99. The SMILES string of the molecule is Cc1nc(-c2cc3ccn(CCC[C@H](C)Nc4cn[nH]c(=O)c4C(F)(F)F)c(=O)c3cc2F)nc(N)c1Cl. The zero-order chi connectivity index (χ0) is 27.8. The Hall–Kier alpha value is -4.00. The van der Waals surface area contributed by atoms with Gasteiger partial charge in [-0.2, -0.15) is 18.3 Å². The number of rotatable bonds is 7. The van der Waals surface area contributed by atoms with Crippen molar-refractivity contribution in [3.8, 4) is 11.4 Å². The molecule has 0 fully saturated rings. The third-order valence-corrected chi connectivity index (χ3v) is 6.39. The molecule has 0 aliphatic carbocycles. The Bertz CT molecular complexity index is 1610. The van der Waals surface area contributed by atoms with E-state index in [1.54, 1.807) is 31.2 Å². The van der Waals surface area contributed by atoms with Crippen LogP contribution in [0.4, 0.5) is 29.1 Å². The van der Waals surface area contributed by atoms with Crippen LogP contribution >= 0.6 is 11.6 Å². The van der Waals surface area contributed by atoms with E-state index in [9.17, 15) is 27.2 Å². The van der Waals surface area contributed by atoms with Crippen molar-refractivity contribution in [1.82, 2.24) is 24.7 Å². The van der Waals surface area contributed by atoms with E-state index in [-0.39, 0.29) is 34.2 Å². The molecule has 0 aliphatic heterocycles. The highest BCUT2D eigenvalue weighted by Gasteiger charge is 2.37. The highest BCUT2D eigenvalue weighted by Crippen LogP contribution is 2.32. The second kappa shape index (κ2) is 10.4. The van der Waals surface area contributed by atoms with Crippen molar-refractivity contribution in [2.45, 2.75) is 45.5 Å². The average Bonchev–Trinajstić information content (AvgIpc) is 2.83. The Morgan fingerprint density at radius 3 is 2.66 bits per heavy atom. The lowest BCUT2D eigenvalue weighted by Gasteiger charge is -2.18. The van der Waals surface area contributed by atoms with Gasteiger partial charge in [0.1, 0.15) is 22.2 Å². The van der Waals surface area contributed by atoms with Gasteiger partial charge in [-0.05, 0) is 50.3 Å². The Morgan fingerprint density at radius 2 is 1.97 bits per heavy atom. The van der Waals surface area contributed by atoms with Crippen LogP contribution in [0.5, 0.6) is 0 Å². The molecule has 3 aromatic heterocycles. The van der Waals surface area contributed by atoms with Crippen molar-refractivity contribution in [1.29, 1.82) is 0 Å². The van der Waals surface area contributed by atoms with E-state index >= 15 is 0 Å². The number of pyridine rings is 1. The summed E-state index contributed by atoms with van der Waals surface area (Å²) in [5, 5.41) is 8.66. The second-order valence-electron chi connectivity index (χ2n) is 8.74. The zero-order valence-corrected chi connectivity index (χ0v) is 20.9. The fourth-order valence-electron chi connectivity index (χ4n) is 4.05. The molecule has 0 bridgehead atoms. The maximum Gasteiger partial charge on any atom is 0.423 e. The van der Waals surface area contributed by atoms with Crippen LogP contribution in [-0.4, -0.2) is 30.8 Å². The largest absolute Gasteiger partial charge is 0.423 e. The maximum absolute atomic E-state index is 15.0. The predicted molar refractivity (Wildman–Crippen MR) is 136 cm³/mol. The minimum Gasteiger partial charge on any atom is -0.382 e. The number of aryl methyl sites for hydroxylation is 2. The molecule has 4 rings (SSSR count). The quantitative estimate of drug-likeness (QED) is 0.288. The third-order valence-electron chi connectivity index (χ3n) is 5.93. The smallest absolute Gasteiger partial charge is 0.382 e. The number of halogens is 5. The van der Waals surface area contributed by atoms with Crippen molar-refractivity contribution in [3.05, 3.63) is 73.4 Å². The van der Waals surface area contributed by atoms with Gasteiger partial charge >= 0.3 is 6.18 Å². The van der Waals surface area contributed by atoms with Gasteiger partial charge in [0.2, 0.25) is 0 Å². The number of nitrogens with one attached hydrogen (secondary N) is 2. The number of H-pyrrole nitrogens is 1. The number of fused-ring (bicyclic) bond motifs is 1. The van der Waals surface area contributed by atoms with Gasteiger partial charge in [0.05, 0.1) is 28.5 Å². The summed E-state index contributed by atoms with van der Waals surface area (Å²) in [6, 6.07) is 3.74. The van der Waals surface area contributed by atoms with Crippen LogP contribution in [0.3, 0.4) is 0 Å². The first kappa shape index (κ1) is 27.0. The molecule has 0 aliphatic rings. The van der Waals surface area contributed by atoms with Gasteiger partial charge in [-0.15, -0.1) is 0 Å². The summed E-state index contributed by atoms with van der Waals surface area (Å²) in [5.74, 6) is -0.658. The molecule has 0 saturated heterocycles. The van der Waals surface area contributed by atoms with E-state index in [0.717, 1.165) is 12.3 Å². The van der Waals surface area contributed by atoms with E-state index in [4.69, 9.17) is 17.3 Å². The van der Waals surface area contributed by atoms with E-state index in [0.29, 0.717) is 23.9 Å². The molecule has 200 valence electrons. The number of hydrogen-bond donors (Lipinski definition) is 3. The molecule has 0 radical (unpaired) electrons. The molecule has 3 heterocycles. The fraction of sp³-hybridized carbons (Fsp3) is 0.292. The number of nitrogen functional groups attached to an aromatic ring is 1. The van der Waals surface area contributed by atoms with Crippen LogP contribution in [0.25, 0.3) is 22.2 Å². The lowest BCUT2D eigenvalue weighted by atomic mass is 10.1. The first-order valence-electron chi connectivity index (χ1n) is 11.4. The molecule has 1 atom stereocenters. The van der Waals surface area contributed by atoms with Gasteiger partial charge in [-0.1, -0.05) is 11.6 Å². The molecule has 0 unspecified atom stereocenters. The number of benzene rings is 1. The number of nitrogens with two attached hydrogens (primary N) is 1. The van der Waals surface area contributed by atoms with Crippen molar-refractivity contribution in [3.63, 3.8) is 0 Å². The van der Waals surface area contributed by atoms with Crippen molar-refractivity contribution in [2.75, 3.05) is 11.1 Å². The summed E-state index contributed by atoms with van der Waals surface area (Å²) in [6.07, 6.45) is -1.61. The van der Waals surface area contributed by atoms with Crippen molar-refractivity contribution in [2.24, 2.45) is 0 Å². The van der Waals surface area contributed by atoms with Crippen LogP contribution in [0.2, 0.25) is 5.02 Å². The minimum atomic E-state index is -4.85. The third kappa shape index (κ3) is 5.47. The number of alkyl halides is 3. The van der Waals surface area contributed by atoms with Gasteiger partial charge in [0, 0.05) is 18.8 Å². The summed E-state index contributed by atoms with van der Waals surface area (Å²) in [5.41, 5.74) is 2.68. The maximum atomic E-state index is 15.0. The summed E-state index contributed by atoms with van der Waals surface area (Å²) in [4.78, 5) is 32.8. The lowest BCUT2D eigenvalue weighted by molar-refractivity contribution is -0.138. The van der Waals surface area contributed by atoms with Crippen molar-refractivity contribution >= 4 is 33.9 Å². The van der Waals surface area contributed by atoms with Crippen LogP contribution in [0, 0.1) is 12.7 Å². The lowest BCUT2D eigenvalue weighted by Crippen LogP contribution is -2.27. The molecule has 0 spiro atoms. The Morgan fingerprint density at radius 1 is 1.24 bits per heavy atom.